The Balaban J connectivity index is 2.18. The van der Waals surface area contributed by atoms with Crippen LogP contribution in [0.3, 0.4) is 0 Å². The minimum absolute atomic E-state index is 0.216. The van der Waals surface area contributed by atoms with Gasteiger partial charge in [0.1, 0.15) is 11.6 Å². The summed E-state index contributed by atoms with van der Waals surface area (Å²) < 4.78 is 19.3. The molecule has 0 N–H and O–H groups in total. The van der Waals surface area contributed by atoms with Crippen LogP contribution in [-0.4, -0.2) is 7.11 Å². The quantitative estimate of drug-likeness (QED) is 0.562. The van der Waals surface area contributed by atoms with Crippen molar-refractivity contribution in [2.75, 3.05) is 7.11 Å². The summed E-state index contributed by atoms with van der Waals surface area (Å²) in [6.45, 7) is 1.77. The lowest BCUT2D eigenvalue weighted by Gasteiger charge is -2.13. The normalized spacial score (nSPS) is 10.6. The fourth-order valence-corrected chi connectivity index (χ4v) is 2.69. The molecule has 0 amide bonds. The molecular formula is C20H16ClFO. The maximum atomic E-state index is 14.1. The van der Waals surface area contributed by atoms with E-state index in [-0.39, 0.29) is 5.82 Å². The Hall–Kier alpha value is -2.32. The van der Waals surface area contributed by atoms with Crippen molar-refractivity contribution in [1.29, 1.82) is 0 Å². The molecule has 0 fully saturated rings. The van der Waals surface area contributed by atoms with Gasteiger partial charge in [0.25, 0.3) is 0 Å². The first kappa shape index (κ1) is 15.6. The second kappa shape index (κ2) is 6.43. The molecule has 0 aliphatic heterocycles. The Morgan fingerprint density at radius 3 is 1.91 bits per heavy atom. The zero-order valence-corrected chi connectivity index (χ0v) is 13.7. The van der Waals surface area contributed by atoms with Crippen LogP contribution in [0, 0.1) is 12.7 Å². The van der Waals surface area contributed by atoms with E-state index >= 15 is 0 Å². The van der Waals surface area contributed by atoms with Gasteiger partial charge in [0, 0.05) is 5.02 Å². The van der Waals surface area contributed by atoms with Crippen LogP contribution in [0.4, 0.5) is 4.39 Å². The summed E-state index contributed by atoms with van der Waals surface area (Å²) >= 11 is 5.96. The monoisotopic (exact) mass is 326 g/mol. The minimum atomic E-state index is -0.216. The highest BCUT2D eigenvalue weighted by molar-refractivity contribution is 6.30. The molecule has 0 aromatic heterocycles. The van der Waals surface area contributed by atoms with Crippen molar-refractivity contribution < 1.29 is 9.13 Å². The molecule has 0 aliphatic carbocycles. The van der Waals surface area contributed by atoms with Crippen molar-refractivity contribution in [3.8, 4) is 28.0 Å². The second-order valence-electron chi connectivity index (χ2n) is 5.38. The van der Waals surface area contributed by atoms with Crippen LogP contribution >= 0.6 is 11.6 Å². The van der Waals surface area contributed by atoms with Crippen molar-refractivity contribution in [2.24, 2.45) is 0 Å². The molecule has 3 aromatic carbocycles. The van der Waals surface area contributed by atoms with Crippen molar-refractivity contribution >= 4 is 11.6 Å². The third-order valence-electron chi connectivity index (χ3n) is 3.86. The molecule has 1 nitrogen and oxygen atoms in total. The number of rotatable bonds is 3. The summed E-state index contributed by atoms with van der Waals surface area (Å²) in [7, 11) is 1.64. The molecule has 116 valence electrons. The van der Waals surface area contributed by atoms with Crippen LogP contribution in [0.2, 0.25) is 5.02 Å². The zero-order valence-electron chi connectivity index (χ0n) is 12.9. The predicted molar refractivity (Wildman–Crippen MR) is 93.6 cm³/mol. The Morgan fingerprint density at radius 1 is 0.826 bits per heavy atom. The van der Waals surface area contributed by atoms with Gasteiger partial charge in [0.05, 0.1) is 7.11 Å². The molecule has 23 heavy (non-hydrogen) atoms. The lowest BCUT2D eigenvalue weighted by molar-refractivity contribution is 0.415. The molecule has 0 saturated heterocycles. The van der Waals surface area contributed by atoms with E-state index in [1.165, 1.54) is 0 Å². The van der Waals surface area contributed by atoms with E-state index < -0.39 is 0 Å². The van der Waals surface area contributed by atoms with Gasteiger partial charge in [-0.15, -0.1) is 0 Å². The number of hydrogen-bond acceptors (Lipinski definition) is 1. The van der Waals surface area contributed by atoms with Gasteiger partial charge >= 0.3 is 0 Å². The first-order valence-corrected chi connectivity index (χ1v) is 7.67. The molecule has 0 atom stereocenters. The summed E-state index contributed by atoms with van der Waals surface area (Å²) in [5.74, 6) is 0.577. The van der Waals surface area contributed by atoms with E-state index in [1.807, 2.05) is 54.6 Å². The van der Waals surface area contributed by atoms with Crippen LogP contribution in [0.25, 0.3) is 22.3 Å². The number of benzene rings is 3. The summed E-state index contributed by atoms with van der Waals surface area (Å²) in [5.41, 5.74) is 4.38. The van der Waals surface area contributed by atoms with Crippen LogP contribution < -0.4 is 4.74 Å². The zero-order chi connectivity index (χ0) is 16.4. The van der Waals surface area contributed by atoms with Gasteiger partial charge in [-0.1, -0.05) is 35.9 Å². The summed E-state index contributed by atoms with van der Waals surface area (Å²) in [5, 5.41) is 0.660. The first-order chi connectivity index (χ1) is 11.1. The largest absolute Gasteiger partial charge is 0.497 e. The topological polar surface area (TPSA) is 9.23 Å². The van der Waals surface area contributed by atoms with E-state index in [9.17, 15) is 4.39 Å². The lowest BCUT2D eigenvalue weighted by Crippen LogP contribution is -1.91. The fourth-order valence-electron chi connectivity index (χ4n) is 2.56. The summed E-state index contributed by atoms with van der Waals surface area (Å²) in [6.07, 6.45) is 0. The highest BCUT2D eigenvalue weighted by Crippen LogP contribution is 2.35. The first-order valence-electron chi connectivity index (χ1n) is 7.29. The molecule has 0 saturated carbocycles. The van der Waals surface area contributed by atoms with Crippen molar-refractivity contribution in [1.82, 2.24) is 0 Å². The molecular weight excluding hydrogens is 311 g/mol. The number of aryl methyl sites for hydroxylation is 1. The van der Waals surface area contributed by atoms with Gasteiger partial charge < -0.3 is 4.74 Å². The van der Waals surface area contributed by atoms with Gasteiger partial charge in [-0.2, -0.15) is 0 Å². The Kier molecular flexibility index (Phi) is 4.35. The van der Waals surface area contributed by atoms with E-state index in [0.717, 1.165) is 28.0 Å². The third kappa shape index (κ3) is 3.22. The van der Waals surface area contributed by atoms with Gasteiger partial charge in [-0.05, 0) is 71.1 Å². The molecule has 3 aromatic rings. The fraction of sp³-hybridized carbons (Fsp3) is 0.100. The Bertz CT molecular complexity index is 824. The molecule has 0 radical (unpaired) electrons. The maximum Gasteiger partial charge on any atom is 0.126 e. The Morgan fingerprint density at radius 2 is 1.35 bits per heavy atom. The average Bonchev–Trinajstić information content (AvgIpc) is 2.58. The smallest absolute Gasteiger partial charge is 0.126 e. The highest BCUT2D eigenvalue weighted by Gasteiger charge is 2.11. The summed E-state index contributed by atoms with van der Waals surface area (Å²) in [4.78, 5) is 0. The van der Waals surface area contributed by atoms with Crippen LogP contribution in [0.1, 0.15) is 5.56 Å². The second-order valence-corrected chi connectivity index (χ2v) is 5.82. The third-order valence-corrected chi connectivity index (χ3v) is 4.11. The van der Waals surface area contributed by atoms with Gasteiger partial charge in [0.15, 0.2) is 0 Å². The van der Waals surface area contributed by atoms with Crippen molar-refractivity contribution in [2.45, 2.75) is 6.92 Å². The van der Waals surface area contributed by atoms with E-state index in [0.29, 0.717) is 10.6 Å². The van der Waals surface area contributed by atoms with Crippen LogP contribution in [0.5, 0.6) is 5.75 Å². The average molecular weight is 327 g/mol. The van der Waals surface area contributed by atoms with Gasteiger partial charge in [-0.25, -0.2) is 4.39 Å². The summed E-state index contributed by atoms with van der Waals surface area (Å²) in [6, 6.07) is 18.6. The molecule has 0 unspecified atom stereocenters. The molecule has 0 heterocycles. The van der Waals surface area contributed by atoms with E-state index in [1.54, 1.807) is 20.1 Å². The number of methoxy groups -OCH3 is 1. The molecule has 3 heteroatoms. The molecule has 0 spiro atoms. The maximum absolute atomic E-state index is 14.1. The van der Waals surface area contributed by atoms with Crippen LogP contribution in [-0.2, 0) is 0 Å². The number of halogens is 2. The van der Waals surface area contributed by atoms with Gasteiger partial charge in [-0.3, -0.25) is 0 Å². The molecule has 0 bridgehead atoms. The molecule has 3 rings (SSSR count). The number of hydrogen-bond donors (Lipinski definition) is 0. The van der Waals surface area contributed by atoms with E-state index in [4.69, 9.17) is 16.3 Å². The lowest BCUT2D eigenvalue weighted by atomic mass is 9.93. The number of ether oxygens (including phenoxy) is 1. The minimum Gasteiger partial charge on any atom is -0.497 e. The highest BCUT2D eigenvalue weighted by atomic mass is 35.5. The van der Waals surface area contributed by atoms with Crippen LogP contribution in [0.15, 0.2) is 60.7 Å². The van der Waals surface area contributed by atoms with Crippen molar-refractivity contribution in [3.63, 3.8) is 0 Å². The Labute approximate surface area is 140 Å². The SMILES string of the molecule is COc1ccc(-c2cc(C)c(F)cc2-c2ccc(Cl)cc2)cc1. The van der Waals surface area contributed by atoms with Gasteiger partial charge in [0.2, 0.25) is 0 Å². The molecule has 0 aliphatic rings. The van der Waals surface area contributed by atoms with Crippen molar-refractivity contribution in [3.05, 3.63) is 77.1 Å². The van der Waals surface area contributed by atoms with E-state index in [2.05, 4.69) is 0 Å². The predicted octanol–water partition coefficient (Wildman–Crippen LogP) is 6.13. The standard InChI is InChI=1S/C20H16ClFO/c1-13-11-18(15-5-9-17(23-2)10-6-15)19(12-20(13)22)14-3-7-16(21)8-4-14/h3-12H,1-2H3.